The lowest BCUT2D eigenvalue weighted by Crippen LogP contribution is -2.18. The Hall–Kier alpha value is -3.87. The molecule has 0 saturated heterocycles. The monoisotopic (exact) mass is 401 g/mol. The zero-order valence-electron chi connectivity index (χ0n) is 17.4. The van der Waals surface area contributed by atoms with Crippen LogP contribution < -0.4 is 15.4 Å². The molecular formula is C23H23N5O2. The lowest BCUT2D eigenvalue weighted by atomic mass is 10.1. The van der Waals surface area contributed by atoms with Crippen LogP contribution in [0, 0.1) is 13.8 Å². The molecule has 152 valence electrons. The zero-order valence-corrected chi connectivity index (χ0v) is 17.4. The second-order valence-electron chi connectivity index (χ2n) is 7.15. The maximum Gasteiger partial charge on any atom is 0.269 e. The Morgan fingerprint density at radius 2 is 1.83 bits per heavy atom. The van der Waals surface area contributed by atoms with Crippen LogP contribution in [0.4, 0.5) is 11.6 Å². The predicted octanol–water partition coefficient (Wildman–Crippen LogP) is 4.48. The molecule has 0 bridgehead atoms. The highest BCUT2D eigenvalue weighted by molar-refractivity contribution is 5.92. The predicted molar refractivity (Wildman–Crippen MR) is 118 cm³/mol. The molecule has 4 rings (SSSR count). The molecule has 2 aromatic heterocycles. The molecule has 0 aliphatic heterocycles. The number of imidazole rings is 1. The number of nitrogens with one attached hydrogen (secondary N) is 2. The molecule has 0 saturated carbocycles. The van der Waals surface area contributed by atoms with E-state index in [4.69, 9.17) is 9.72 Å². The number of carbonyl (C=O) groups is 1. The fourth-order valence-corrected chi connectivity index (χ4v) is 3.29. The molecule has 1 amide bonds. The normalized spacial score (nSPS) is 10.8. The first kappa shape index (κ1) is 19.4. The van der Waals surface area contributed by atoms with Gasteiger partial charge in [0.05, 0.1) is 11.0 Å². The Labute approximate surface area is 174 Å². The van der Waals surface area contributed by atoms with Crippen LogP contribution in [-0.2, 0) is 7.05 Å². The molecule has 7 nitrogen and oxygen atoms in total. The third-order valence-electron chi connectivity index (χ3n) is 4.91. The number of ether oxygens (including phenoxy) is 1. The van der Waals surface area contributed by atoms with Gasteiger partial charge in [-0.2, -0.15) is 0 Å². The molecule has 2 aromatic carbocycles. The molecular weight excluding hydrogens is 378 g/mol. The van der Waals surface area contributed by atoms with Crippen LogP contribution in [0.3, 0.4) is 0 Å². The van der Waals surface area contributed by atoms with Crippen LogP contribution in [0.2, 0.25) is 0 Å². The summed E-state index contributed by atoms with van der Waals surface area (Å²) in [6.45, 7) is 4.15. The number of rotatable bonds is 5. The number of fused-ring (bicyclic) bond motifs is 1. The molecule has 0 aliphatic rings. The number of hydrogen-bond acceptors (Lipinski definition) is 5. The minimum absolute atomic E-state index is 0.261. The summed E-state index contributed by atoms with van der Waals surface area (Å²) < 4.78 is 7.94. The van der Waals surface area contributed by atoms with Gasteiger partial charge in [0.25, 0.3) is 5.91 Å². The van der Waals surface area contributed by atoms with Crippen LogP contribution in [0.25, 0.3) is 11.0 Å². The molecule has 0 unspecified atom stereocenters. The highest BCUT2D eigenvalue weighted by Gasteiger charge is 2.11. The summed E-state index contributed by atoms with van der Waals surface area (Å²) in [5, 5.41) is 5.97. The van der Waals surface area contributed by atoms with Crippen molar-refractivity contribution < 1.29 is 9.53 Å². The highest BCUT2D eigenvalue weighted by Crippen LogP contribution is 2.29. The molecule has 0 fully saturated rings. The largest absolute Gasteiger partial charge is 0.457 e. The summed E-state index contributed by atoms with van der Waals surface area (Å²) in [6.07, 6.45) is 1.55. The molecule has 30 heavy (non-hydrogen) atoms. The van der Waals surface area contributed by atoms with Crippen molar-refractivity contribution in [2.45, 2.75) is 13.8 Å². The lowest BCUT2D eigenvalue weighted by molar-refractivity contribution is 0.0958. The average molecular weight is 401 g/mol. The maximum absolute atomic E-state index is 11.8. The van der Waals surface area contributed by atoms with Crippen molar-refractivity contribution in [2.75, 3.05) is 12.4 Å². The summed E-state index contributed by atoms with van der Waals surface area (Å²) in [6, 6.07) is 15.3. The van der Waals surface area contributed by atoms with Crippen LogP contribution >= 0.6 is 0 Å². The van der Waals surface area contributed by atoms with Gasteiger partial charge < -0.3 is 19.9 Å². The van der Waals surface area contributed by atoms with E-state index >= 15 is 0 Å². The van der Waals surface area contributed by atoms with Gasteiger partial charge in [0.15, 0.2) is 0 Å². The van der Waals surface area contributed by atoms with Crippen molar-refractivity contribution in [3.8, 4) is 11.5 Å². The number of hydrogen-bond donors (Lipinski definition) is 2. The van der Waals surface area contributed by atoms with E-state index in [-0.39, 0.29) is 5.91 Å². The number of aryl methyl sites for hydroxylation is 3. The highest BCUT2D eigenvalue weighted by atomic mass is 16.5. The van der Waals surface area contributed by atoms with Gasteiger partial charge in [-0.3, -0.25) is 9.78 Å². The summed E-state index contributed by atoms with van der Waals surface area (Å²) >= 11 is 0. The Morgan fingerprint density at radius 1 is 1.03 bits per heavy atom. The number of amides is 1. The molecule has 2 heterocycles. The van der Waals surface area contributed by atoms with Gasteiger partial charge in [0.1, 0.15) is 17.2 Å². The van der Waals surface area contributed by atoms with Crippen LogP contribution in [0.5, 0.6) is 11.5 Å². The number of nitrogens with zero attached hydrogens (tertiary/aromatic N) is 3. The average Bonchev–Trinajstić information content (AvgIpc) is 3.04. The Balaban J connectivity index is 1.61. The third-order valence-corrected chi connectivity index (χ3v) is 4.91. The fourth-order valence-electron chi connectivity index (χ4n) is 3.29. The first-order chi connectivity index (χ1) is 14.4. The van der Waals surface area contributed by atoms with Crippen LogP contribution in [0.15, 0.2) is 54.7 Å². The van der Waals surface area contributed by atoms with Gasteiger partial charge in [-0.25, -0.2) is 4.98 Å². The van der Waals surface area contributed by atoms with Crippen molar-refractivity contribution in [1.82, 2.24) is 19.9 Å². The van der Waals surface area contributed by atoms with E-state index < -0.39 is 0 Å². The van der Waals surface area contributed by atoms with E-state index in [2.05, 4.69) is 47.7 Å². The van der Waals surface area contributed by atoms with Gasteiger partial charge in [0, 0.05) is 38.1 Å². The van der Waals surface area contributed by atoms with E-state index in [1.165, 1.54) is 5.56 Å². The SMILES string of the molecule is CNC(=O)c1cc(Oc2ccc3c(c2)nc(Nc2ccc(C)cc2C)n3C)ccn1. The van der Waals surface area contributed by atoms with Crippen molar-refractivity contribution in [2.24, 2.45) is 7.05 Å². The molecule has 7 heteroatoms. The van der Waals surface area contributed by atoms with E-state index in [9.17, 15) is 4.79 Å². The van der Waals surface area contributed by atoms with Gasteiger partial charge >= 0.3 is 0 Å². The summed E-state index contributed by atoms with van der Waals surface area (Å²) in [4.78, 5) is 20.6. The molecule has 0 radical (unpaired) electrons. The summed E-state index contributed by atoms with van der Waals surface area (Å²) in [5.74, 6) is 1.66. The molecule has 0 aliphatic carbocycles. The third kappa shape index (κ3) is 3.82. The number of benzene rings is 2. The van der Waals surface area contributed by atoms with E-state index in [0.29, 0.717) is 17.2 Å². The first-order valence-corrected chi connectivity index (χ1v) is 9.61. The van der Waals surface area contributed by atoms with Crippen molar-refractivity contribution >= 4 is 28.6 Å². The zero-order chi connectivity index (χ0) is 21.3. The Morgan fingerprint density at radius 3 is 2.60 bits per heavy atom. The van der Waals surface area contributed by atoms with Crippen LogP contribution in [-0.4, -0.2) is 27.5 Å². The van der Waals surface area contributed by atoms with Gasteiger partial charge in [0.2, 0.25) is 5.95 Å². The molecule has 2 N–H and O–H groups in total. The second kappa shape index (κ2) is 7.87. The smallest absolute Gasteiger partial charge is 0.269 e. The standard InChI is InChI=1S/C23H23N5O2/c1-14-5-7-18(15(2)11-14)26-23-27-19-12-16(6-8-21(19)28(23)4)30-17-9-10-25-20(13-17)22(29)24-3/h5-13H,1-4H3,(H,24,29)(H,26,27). The van der Waals surface area contributed by atoms with Crippen LogP contribution in [0.1, 0.15) is 21.6 Å². The summed E-state index contributed by atoms with van der Waals surface area (Å²) in [5.41, 5.74) is 5.50. The minimum atomic E-state index is -0.261. The molecule has 4 aromatic rings. The molecule has 0 atom stereocenters. The quantitative estimate of drug-likeness (QED) is 0.515. The summed E-state index contributed by atoms with van der Waals surface area (Å²) in [7, 11) is 3.54. The van der Waals surface area contributed by atoms with Crippen molar-refractivity contribution in [1.29, 1.82) is 0 Å². The van der Waals surface area contributed by atoms with E-state index in [1.54, 1.807) is 25.4 Å². The van der Waals surface area contributed by atoms with Gasteiger partial charge in [-0.1, -0.05) is 17.7 Å². The van der Waals surface area contributed by atoms with Crippen molar-refractivity contribution in [3.63, 3.8) is 0 Å². The minimum Gasteiger partial charge on any atom is -0.457 e. The first-order valence-electron chi connectivity index (χ1n) is 9.61. The lowest BCUT2D eigenvalue weighted by Gasteiger charge is -2.10. The Kier molecular flexibility index (Phi) is 5.10. The number of pyridine rings is 1. The maximum atomic E-state index is 11.8. The number of aromatic nitrogens is 3. The van der Waals surface area contributed by atoms with Gasteiger partial charge in [-0.05, 0) is 43.7 Å². The topological polar surface area (TPSA) is 81.1 Å². The fraction of sp³-hybridized carbons (Fsp3) is 0.174. The second-order valence-corrected chi connectivity index (χ2v) is 7.15. The van der Waals surface area contributed by atoms with E-state index in [0.717, 1.165) is 28.2 Å². The molecule has 0 spiro atoms. The van der Waals surface area contributed by atoms with Crippen molar-refractivity contribution in [3.05, 3.63) is 71.5 Å². The van der Waals surface area contributed by atoms with Gasteiger partial charge in [-0.15, -0.1) is 0 Å². The number of carbonyl (C=O) groups excluding carboxylic acids is 1. The number of anilines is 2. The Bertz CT molecular complexity index is 1250. The van der Waals surface area contributed by atoms with E-state index in [1.807, 2.05) is 29.8 Å².